The van der Waals surface area contributed by atoms with Gasteiger partial charge in [-0.2, -0.15) is 0 Å². The third-order valence-electron chi connectivity index (χ3n) is 19.2. The topological polar surface area (TPSA) is 530 Å². The number of aromatic amines is 2. The molecule has 0 bridgehead atoms. The number of anilines is 6. The predicted octanol–water partition coefficient (Wildman–Crippen LogP) is 2.38. The zero-order valence-corrected chi connectivity index (χ0v) is 66.1. The van der Waals surface area contributed by atoms with E-state index in [0.717, 1.165) is 10.8 Å². The molecular weight excluding hydrogens is 1510 g/mol. The van der Waals surface area contributed by atoms with Gasteiger partial charge in [0, 0.05) is 80.4 Å². The van der Waals surface area contributed by atoms with Crippen molar-refractivity contribution in [1.82, 2.24) is 93.4 Å². The van der Waals surface area contributed by atoms with Crippen LogP contribution < -0.4 is 81.0 Å². The van der Waals surface area contributed by atoms with E-state index in [9.17, 15) is 29.1 Å². The number of hydrogen-bond donors (Lipinski definition) is 18. The Morgan fingerprint density at radius 3 is 1.45 bits per heavy atom. The van der Waals surface area contributed by atoms with Crippen molar-refractivity contribution >= 4 is 123 Å². The van der Waals surface area contributed by atoms with Crippen molar-refractivity contribution in [2.24, 2.45) is 11.7 Å². The zero-order valence-electron chi connectivity index (χ0n) is 65.3. The van der Waals surface area contributed by atoms with Crippen LogP contribution in [0.1, 0.15) is 108 Å². The summed E-state index contributed by atoms with van der Waals surface area (Å²) < 4.78 is 0. The molecule has 11 amide bonds. The number of nitrogen functional groups attached to an aromatic ring is 2. The van der Waals surface area contributed by atoms with Gasteiger partial charge in [-0.1, -0.05) is 124 Å². The van der Waals surface area contributed by atoms with E-state index in [1.807, 2.05) is 70.2 Å². The normalized spacial score (nSPS) is 14.9. The molecule has 0 spiro atoms. The number of pyridine rings is 1. The molecule has 9 rings (SSSR count). The molecule has 36 heteroatoms. The standard InChI is InChI=1S/C80H102ClN23O12/c1-44(2)35-59(68(108)91-58(16-9-10-33-86-45(3)4)76(116)104-34-12-17-66(104)75(115)87-46(5)67(82)107)92-70(110)62(38-49-21-28-56(29-22-49)89-79-98-77(83)100-102-79)94-72(112)63(39-50-23-30-57(31-24-50)90-80-99-78(84)101-103-80)96-74(114)65(43-105)97-73(113)64(41-52-13-11-32-85-42-52)95-71(111)61(37-48-19-26-55(81)27-20-48)93-69(109)60(88-47(6)106)40-51-18-25-53-14-7-8-15-54(53)36-51/h7-8,11,13-15,18-32,36,42,44-46,58-66,86,105H,9-10,12,16-17,33-35,37-41,43H2,1-6H3,(H2,82,107)(H,87,115)(H,88,106)(H,91,108)(H,92,110)(H,93,109)(H,94,112)(H,95,111)(H,96,114)(H,97,113)(H4,83,89,98,100,102)(H4,84,90,99,101,103)/t46-,58+,59+,60-,61-,62-,63+,64-,65+,66+/m1/s1. The van der Waals surface area contributed by atoms with Gasteiger partial charge in [-0.05, 0) is 139 Å². The lowest BCUT2D eigenvalue weighted by Gasteiger charge is -2.31. The molecule has 1 aliphatic heterocycles. The number of fused-ring (bicyclic) bond motifs is 1. The molecule has 8 aromatic rings. The van der Waals surface area contributed by atoms with Gasteiger partial charge < -0.3 is 91.0 Å². The quantitative estimate of drug-likeness (QED) is 0.0244. The zero-order chi connectivity index (χ0) is 83.5. The lowest BCUT2D eigenvalue weighted by Crippen LogP contribution is -2.62. The van der Waals surface area contributed by atoms with E-state index in [0.29, 0.717) is 70.0 Å². The Hall–Kier alpha value is -12.6. The van der Waals surface area contributed by atoms with Gasteiger partial charge in [-0.15, -0.1) is 20.4 Å². The van der Waals surface area contributed by atoms with Crippen molar-refractivity contribution in [1.29, 1.82) is 0 Å². The molecule has 1 fully saturated rings. The molecule has 0 radical (unpaired) electrons. The highest BCUT2D eigenvalue weighted by atomic mass is 35.5. The Morgan fingerprint density at radius 1 is 0.517 bits per heavy atom. The molecule has 4 heterocycles. The van der Waals surface area contributed by atoms with Gasteiger partial charge in [0.05, 0.1) is 6.61 Å². The molecule has 1 saturated heterocycles. The van der Waals surface area contributed by atoms with Gasteiger partial charge in [0.2, 0.25) is 88.8 Å². The fraction of sp³-hybridized carbons (Fsp3) is 0.400. The van der Waals surface area contributed by atoms with Crippen molar-refractivity contribution in [2.75, 3.05) is 41.8 Å². The number of amides is 11. The minimum Gasteiger partial charge on any atom is -0.394 e. The summed E-state index contributed by atoms with van der Waals surface area (Å²) in [6.07, 6.45) is 3.96. The van der Waals surface area contributed by atoms with Crippen LogP contribution in [0.25, 0.3) is 10.8 Å². The number of rotatable bonds is 42. The van der Waals surface area contributed by atoms with Crippen molar-refractivity contribution in [3.8, 4) is 0 Å². The van der Waals surface area contributed by atoms with Gasteiger partial charge >= 0.3 is 0 Å². The van der Waals surface area contributed by atoms with Crippen LogP contribution >= 0.6 is 11.6 Å². The van der Waals surface area contributed by atoms with Crippen molar-refractivity contribution in [3.05, 3.63) is 173 Å². The monoisotopic (exact) mass is 1610 g/mol. The number of halogens is 1. The summed E-state index contributed by atoms with van der Waals surface area (Å²) >= 11 is 6.28. The van der Waals surface area contributed by atoms with Crippen molar-refractivity contribution < 1.29 is 57.8 Å². The van der Waals surface area contributed by atoms with E-state index in [1.165, 1.54) is 31.1 Å². The van der Waals surface area contributed by atoms with Gasteiger partial charge in [0.25, 0.3) is 0 Å². The Bertz CT molecular complexity index is 4690. The van der Waals surface area contributed by atoms with Gasteiger partial charge in [0.15, 0.2) is 0 Å². The smallest absolute Gasteiger partial charge is 0.245 e. The summed E-state index contributed by atoms with van der Waals surface area (Å²) in [5, 5.41) is 63.0. The maximum absolute atomic E-state index is 15.5. The number of H-pyrrole nitrogens is 2. The van der Waals surface area contributed by atoms with Crippen LogP contribution in [0.5, 0.6) is 0 Å². The number of carbonyl (C=O) groups excluding carboxylic acids is 11. The summed E-state index contributed by atoms with van der Waals surface area (Å²) in [5.74, 6) is -8.47. The molecule has 10 atom stereocenters. The van der Waals surface area contributed by atoms with E-state index in [1.54, 1.807) is 84.9 Å². The molecule has 0 saturated carbocycles. The fourth-order valence-electron chi connectivity index (χ4n) is 13.2. The maximum atomic E-state index is 15.5. The predicted molar refractivity (Wildman–Crippen MR) is 435 cm³/mol. The molecule has 1 aliphatic rings. The minimum absolute atomic E-state index is 0.0202. The van der Waals surface area contributed by atoms with Gasteiger partial charge in [-0.3, -0.25) is 67.7 Å². The van der Waals surface area contributed by atoms with E-state index < -0.39 is 132 Å². The van der Waals surface area contributed by atoms with E-state index in [4.69, 9.17) is 28.8 Å². The van der Waals surface area contributed by atoms with Crippen LogP contribution in [-0.2, 0) is 84.8 Å². The molecule has 0 unspecified atom stereocenters. The van der Waals surface area contributed by atoms with Crippen LogP contribution in [-0.4, -0.2) is 196 Å². The number of likely N-dealkylation sites (tertiary alicyclic amines) is 1. The summed E-state index contributed by atoms with van der Waals surface area (Å²) in [6, 6.07) is 22.5. The average Bonchev–Trinajstić information content (AvgIpc) is 1.34. The highest BCUT2D eigenvalue weighted by Crippen LogP contribution is 2.24. The lowest BCUT2D eigenvalue weighted by molar-refractivity contribution is -0.142. The maximum Gasteiger partial charge on any atom is 0.245 e. The Balaban J connectivity index is 1.00. The second-order valence-corrected chi connectivity index (χ2v) is 29.8. The second-order valence-electron chi connectivity index (χ2n) is 29.4. The molecule has 35 nitrogen and oxygen atoms in total. The highest BCUT2D eigenvalue weighted by molar-refractivity contribution is 6.30. The molecule has 616 valence electrons. The van der Waals surface area contributed by atoms with E-state index in [2.05, 4.69) is 99.1 Å². The van der Waals surface area contributed by atoms with Gasteiger partial charge in [-0.25, -0.2) is 0 Å². The lowest BCUT2D eigenvalue weighted by atomic mass is 9.99. The number of hydrogen-bond acceptors (Lipinski definition) is 22. The van der Waals surface area contributed by atoms with Crippen molar-refractivity contribution in [2.45, 2.75) is 179 Å². The Labute approximate surface area is 675 Å². The van der Waals surface area contributed by atoms with Crippen LogP contribution in [0.15, 0.2) is 140 Å². The molecule has 5 aromatic carbocycles. The van der Waals surface area contributed by atoms with Crippen LogP contribution in [0, 0.1) is 5.92 Å². The molecule has 21 N–H and O–H groups in total. The molecular formula is C80H102ClN23O12. The number of aromatic nitrogens is 7. The molecule has 0 aliphatic carbocycles. The van der Waals surface area contributed by atoms with Crippen molar-refractivity contribution in [3.63, 3.8) is 0 Å². The first-order valence-corrected chi connectivity index (χ1v) is 38.7. The summed E-state index contributed by atoms with van der Waals surface area (Å²) in [7, 11) is 0. The summed E-state index contributed by atoms with van der Waals surface area (Å²) in [6.45, 7) is 10.0. The Morgan fingerprint density at radius 2 is 0.974 bits per heavy atom. The minimum atomic E-state index is -1.86. The third kappa shape index (κ3) is 26.8. The average molecular weight is 1610 g/mol. The number of nitrogens with zero attached hydrogens (tertiary/aromatic N) is 6. The van der Waals surface area contributed by atoms with Crippen LogP contribution in [0.4, 0.5) is 35.2 Å². The number of aliphatic hydroxyl groups is 1. The summed E-state index contributed by atoms with van der Waals surface area (Å²) in [4.78, 5) is 170. The fourth-order valence-corrected chi connectivity index (χ4v) is 13.3. The number of benzene rings is 5. The van der Waals surface area contributed by atoms with Gasteiger partial charge in [0.1, 0.15) is 60.4 Å². The van der Waals surface area contributed by atoms with E-state index in [-0.39, 0.29) is 93.7 Å². The Kier molecular flexibility index (Phi) is 32.0. The van der Waals surface area contributed by atoms with Crippen LogP contribution in [0.2, 0.25) is 5.02 Å². The number of carbonyl (C=O) groups is 11. The number of nitrogens with one attached hydrogen (secondary N) is 14. The van der Waals surface area contributed by atoms with Crippen LogP contribution in [0.3, 0.4) is 0 Å². The first-order valence-electron chi connectivity index (χ1n) is 38.4. The number of unbranched alkanes of at least 4 members (excludes halogenated alkanes) is 1. The SMILES string of the molecule is CC(=O)N[C@H](Cc1ccc2ccccc2c1)C(=O)N[C@H](Cc1ccc(Cl)cc1)C(=O)N[C@H](Cc1cccnc1)C(=O)N[C@@H](CO)C(=O)N[C@@H](Cc1ccc(Nc2nnc(N)[nH]2)cc1)C(=O)N[C@H](Cc1ccc(Nc2nnc(N)[nH]2)cc1)C(=O)N[C@@H](CC(C)C)C(=O)N[C@@H](CCCCNC(C)C)C(=O)N1CCC[C@H]1C(=O)N[C@H](C)C(N)=O. The van der Waals surface area contributed by atoms with E-state index >= 15 is 28.8 Å². The molecule has 3 aromatic heterocycles. The first kappa shape index (κ1) is 87.3. The number of aliphatic hydroxyl groups excluding tert-OH is 1. The first-order chi connectivity index (χ1) is 55.5. The number of primary amides is 1. The highest BCUT2D eigenvalue weighted by Gasteiger charge is 2.41. The number of nitrogens with two attached hydrogens (primary N) is 3. The largest absolute Gasteiger partial charge is 0.394 e. The summed E-state index contributed by atoms with van der Waals surface area (Å²) in [5.41, 5.74) is 20.6. The second kappa shape index (κ2) is 42.5. The third-order valence-corrected chi connectivity index (χ3v) is 19.4. The molecule has 116 heavy (non-hydrogen) atoms.